The van der Waals surface area contributed by atoms with Gasteiger partial charge in [0.15, 0.2) is 4.88 Å². The van der Waals surface area contributed by atoms with Gasteiger partial charge in [0.2, 0.25) is 0 Å². The molecule has 3 nitrogen and oxygen atoms in total. The second-order valence-electron chi connectivity index (χ2n) is 4.05. The van der Waals surface area contributed by atoms with Gasteiger partial charge in [-0.25, -0.2) is 4.79 Å². The summed E-state index contributed by atoms with van der Waals surface area (Å²) < 4.78 is 10.6. The van der Waals surface area contributed by atoms with E-state index in [2.05, 4.69) is 0 Å². The largest absolute Gasteiger partial charge is 0.486 e. The topological polar surface area (TPSA) is 35.5 Å². The molecule has 0 unspecified atom stereocenters. The minimum absolute atomic E-state index is 0.303. The van der Waals surface area contributed by atoms with E-state index in [9.17, 15) is 4.79 Å². The Labute approximate surface area is 94.0 Å². The summed E-state index contributed by atoms with van der Waals surface area (Å²) in [6.45, 7) is 8.00. The second kappa shape index (κ2) is 4.66. The first-order chi connectivity index (χ1) is 6.94. The molecule has 4 heteroatoms. The first-order valence-corrected chi connectivity index (χ1v) is 5.75. The lowest BCUT2D eigenvalue weighted by Gasteiger charge is -2.20. The molecule has 0 aliphatic heterocycles. The van der Waals surface area contributed by atoms with Gasteiger partial charge in [-0.15, -0.1) is 11.3 Å². The van der Waals surface area contributed by atoms with Gasteiger partial charge in [0.1, 0.15) is 11.4 Å². The number of thiophene rings is 1. The summed E-state index contributed by atoms with van der Waals surface area (Å²) in [7, 11) is 0. The van der Waals surface area contributed by atoms with Crippen LogP contribution in [0.1, 0.15) is 37.4 Å². The van der Waals surface area contributed by atoms with Gasteiger partial charge >= 0.3 is 5.97 Å². The number of hydrogen-bond acceptors (Lipinski definition) is 4. The highest BCUT2D eigenvalue weighted by atomic mass is 32.1. The Balaban J connectivity index is 2.82. The lowest BCUT2D eigenvalue weighted by molar-refractivity contribution is 0.0520. The lowest BCUT2D eigenvalue weighted by Crippen LogP contribution is -2.23. The highest BCUT2D eigenvalue weighted by molar-refractivity contribution is 7.12. The van der Waals surface area contributed by atoms with Crippen molar-refractivity contribution in [3.05, 3.63) is 16.3 Å². The van der Waals surface area contributed by atoms with Crippen LogP contribution in [0.3, 0.4) is 0 Å². The number of carbonyl (C=O) groups is 1. The van der Waals surface area contributed by atoms with Crippen LogP contribution < -0.4 is 4.74 Å². The van der Waals surface area contributed by atoms with Crippen molar-refractivity contribution in [1.82, 2.24) is 0 Å². The molecule has 0 saturated carbocycles. The Kier molecular flexibility index (Phi) is 3.74. The summed E-state index contributed by atoms with van der Waals surface area (Å²) in [5.74, 6) is 0.290. The third kappa shape index (κ3) is 3.55. The molecule has 84 valence electrons. The van der Waals surface area contributed by atoms with Gasteiger partial charge in [-0.2, -0.15) is 0 Å². The molecule has 0 atom stereocenters. The highest BCUT2D eigenvalue weighted by Gasteiger charge is 2.20. The minimum Gasteiger partial charge on any atom is -0.486 e. The van der Waals surface area contributed by atoms with Crippen LogP contribution in [-0.2, 0) is 4.74 Å². The van der Waals surface area contributed by atoms with Gasteiger partial charge in [-0.05, 0) is 39.1 Å². The highest BCUT2D eigenvalue weighted by Crippen LogP contribution is 2.28. The molecule has 0 aliphatic carbocycles. The molecule has 0 radical (unpaired) electrons. The molecular formula is C11H16O3S. The molecule has 15 heavy (non-hydrogen) atoms. The van der Waals surface area contributed by atoms with E-state index in [1.807, 2.05) is 26.2 Å². The Hall–Kier alpha value is -1.03. The van der Waals surface area contributed by atoms with Crippen LogP contribution in [0.2, 0.25) is 0 Å². The third-order valence-electron chi connectivity index (χ3n) is 1.51. The predicted octanol–water partition coefficient (Wildman–Crippen LogP) is 3.10. The molecule has 0 N–H and O–H groups in total. The van der Waals surface area contributed by atoms with Crippen LogP contribution in [0.4, 0.5) is 0 Å². The average Bonchev–Trinajstić information content (AvgIpc) is 2.49. The number of carbonyl (C=O) groups excluding carboxylic acids is 1. The fraction of sp³-hybridized carbons (Fsp3) is 0.545. The minimum atomic E-state index is -0.313. The fourth-order valence-corrected chi connectivity index (χ4v) is 1.76. The van der Waals surface area contributed by atoms with Crippen LogP contribution in [0, 0.1) is 0 Å². The molecule has 1 rings (SSSR count). The van der Waals surface area contributed by atoms with E-state index in [-0.39, 0.29) is 11.6 Å². The molecule has 0 bridgehead atoms. The summed E-state index contributed by atoms with van der Waals surface area (Å²) in [5.41, 5.74) is -0.303. The molecule has 0 aromatic carbocycles. The van der Waals surface area contributed by atoms with Crippen LogP contribution in [0.15, 0.2) is 11.4 Å². The van der Waals surface area contributed by atoms with Crippen LogP contribution in [0.25, 0.3) is 0 Å². The van der Waals surface area contributed by atoms with Gasteiger partial charge in [0.05, 0.1) is 6.61 Å². The summed E-state index contributed by atoms with van der Waals surface area (Å²) in [6, 6.07) is 1.79. The summed E-state index contributed by atoms with van der Waals surface area (Å²) >= 11 is 1.34. The first-order valence-electron chi connectivity index (χ1n) is 4.87. The molecule has 1 aromatic heterocycles. The number of rotatable bonds is 3. The maximum atomic E-state index is 11.5. The van der Waals surface area contributed by atoms with Gasteiger partial charge in [-0.3, -0.25) is 0 Å². The van der Waals surface area contributed by atoms with Crippen LogP contribution in [-0.4, -0.2) is 18.2 Å². The van der Waals surface area contributed by atoms with Gasteiger partial charge in [0, 0.05) is 0 Å². The molecule has 0 aliphatic rings. The Morgan fingerprint density at radius 1 is 1.47 bits per heavy atom. The normalized spacial score (nSPS) is 11.2. The van der Waals surface area contributed by atoms with Crippen molar-refractivity contribution < 1.29 is 14.3 Å². The standard InChI is InChI=1S/C11H16O3S/c1-5-13-10(12)9-8(6-7-15-9)14-11(2,3)4/h6-7H,5H2,1-4H3. The van der Waals surface area contributed by atoms with Crippen molar-refractivity contribution in [2.75, 3.05) is 6.61 Å². The molecule has 0 saturated heterocycles. The van der Waals surface area contributed by atoms with E-state index in [0.717, 1.165) is 0 Å². The fourth-order valence-electron chi connectivity index (χ4n) is 1.05. The van der Waals surface area contributed by atoms with Crippen molar-refractivity contribution in [2.45, 2.75) is 33.3 Å². The third-order valence-corrected chi connectivity index (χ3v) is 2.38. The zero-order valence-corrected chi connectivity index (χ0v) is 10.3. The molecule has 0 amide bonds. The first kappa shape index (κ1) is 12.0. The van der Waals surface area contributed by atoms with E-state index in [0.29, 0.717) is 17.2 Å². The van der Waals surface area contributed by atoms with E-state index < -0.39 is 0 Å². The van der Waals surface area contributed by atoms with E-state index in [4.69, 9.17) is 9.47 Å². The molecular weight excluding hydrogens is 212 g/mol. The number of hydrogen-bond donors (Lipinski definition) is 0. The van der Waals surface area contributed by atoms with E-state index in [1.165, 1.54) is 11.3 Å². The quantitative estimate of drug-likeness (QED) is 0.746. The van der Waals surface area contributed by atoms with Gasteiger partial charge in [-0.1, -0.05) is 0 Å². The zero-order valence-electron chi connectivity index (χ0n) is 9.49. The Morgan fingerprint density at radius 3 is 2.67 bits per heavy atom. The predicted molar refractivity (Wildman–Crippen MR) is 60.7 cm³/mol. The summed E-state index contributed by atoms with van der Waals surface area (Å²) in [5, 5.41) is 1.83. The van der Waals surface area contributed by atoms with Crippen LogP contribution in [0.5, 0.6) is 5.75 Å². The lowest BCUT2D eigenvalue weighted by atomic mass is 10.2. The van der Waals surface area contributed by atoms with Crippen LogP contribution >= 0.6 is 11.3 Å². The van der Waals surface area contributed by atoms with Crippen molar-refractivity contribution in [2.24, 2.45) is 0 Å². The van der Waals surface area contributed by atoms with Gasteiger partial charge < -0.3 is 9.47 Å². The Morgan fingerprint density at radius 2 is 2.13 bits per heavy atom. The van der Waals surface area contributed by atoms with Gasteiger partial charge in [0.25, 0.3) is 0 Å². The molecule has 0 fully saturated rings. The molecule has 1 heterocycles. The summed E-state index contributed by atoms with van der Waals surface area (Å²) in [6.07, 6.45) is 0. The molecule has 1 aromatic rings. The monoisotopic (exact) mass is 228 g/mol. The zero-order chi connectivity index (χ0) is 11.5. The van der Waals surface area contributed by atoms with E-state index >= 15 is 0 Å². The van der Waals surface area contributed by atoms with Crippen molar-refractivity contribution in [1.29, 1.82) is 0 Å². The van der Waals surface area contributed by atoms with E-state index in [1.54, 1.807) is 13.0 Å². The maximum absolute atomic E-state index is 11.5. The van der Waals surface area contributed by atoms with Crippen molar-refractivity contribution >= 4 is 17.3 Å². The second-order valence-corrected chi connectivity index (χ2v) is 4.96. The average molecular weight is 228 g/mol. The van der Waals surface area contributed by atoms with Crippen molar-refractivity contribution in [3.8, 4) is 5.75 Å². The Bertz CT molecular complexity index is 336. The smallest absolute Gasteiger partial charge is 0.352 e. The van der Waals surface area contributed by atoms with Crippen molar-refractivity contribution in [3.63, 3.8) is 0 Å². The SMILES string of the molecule is CCOC(=O)c1sccc1OC(C)(C)C. The summed E-state index contributed by atoms with van der Waals surface area (Å²) in [4.78, 5) is 12.1. The maximum Gasteiger partial charge on any atom is 0.352 e. The number of esters is 1. The number of ether oxygens (including phenoxy) is 2. The molecule has 0 spiro atoms.